The van der Waals surface area contributed by atoms with Gasteiger partial charge in [0.05, 0.1) is 5.60 Å². The summed E-state index contributed by atoms with van der Waals surface area (Å²) in [7, 11) is 0. The molecule has 0 bridgehead atoms. The van der Waals surface area contributed by atoms with Crippen LogP contribution in [0.1, 0.15) is 24.8 Å². The maximum absolute atomic E-state index is 6.11. The van der Waals surface area contributed by atoms with Crippen molar-refractivity contribution in [3.05, 3.63) is 34.9 Å². The topological polar surface area (TPSA) is 47.3 Å². The summed E-state index contributed by atoms with van der Waals surface area (Å²) < 4.78 is 6.11. The van der Waals surface area contributed by atoms with E-state index in [1.165, 1.54) is 17.7 Å². The Hall–Kier alpha value is -0.260. The molecular formula is C16H23ClN2OS. The molecule has 2 aliphatic heterocycles. The van der Waals surface area contributed by atoms with Crippen LogP contribution in [0, 0.1) is 5.92 Å². The number of halogens is 1. The van der Waals surface area contributed by atoms with Gasteiger partial charge in [-0.2, -0.15) is 11.8 Å². The first-order chi connectivity index (χ1) is 10.2. The van der Waals surface area contributed by atoms with Gasteiger partial charge in [0, 0.05) is 23.4 Å². The Kier molecular flexibility index (Phi) is 5.12. The lowest BCUT2D eigenvalue weighted by Gasteiger charge is -2.40. The van der Waals surface area contributed by atoms with Gasteiger partial charge in [-0.1, -0.05) is 23.7 Å². The number of hydrazine groups is 1. The van der Waals surface area contributed by atoms with E-state index in [4.69, 9.17) is 22.2 Å². The largest absolute Gasteiger partial charge is 0.374 e. The normalized spacial score (nSPS) is 30.7. The number of hydrogen-bond acceptors (Lipinski definition) is 4. The van der Waals surface area contributed by atoms with Crippen LogP contribution in [0.4, 0.5) is 0 Å². The zero-order valence-electron chi connectivity index (χ0n) is 12.2. The molecule has 1 aromatic carbocycles. The van der Waals surface area contributed by atoms with Gasteiger partial charge >= 0.3 is 0 Å². The maximum Gasteiger partial charge on any atom is 0.0783 e. The zero-order valence-corrected chi connectivity index (χ0v) is 13.8. The van der Waals surface area contributed by atoms with Crippen molar-refractivity contribution < 1.29 is 4.74 Å². The van der Waals surface area contributed by atoms with Gasteiger partial charge in [-0.05, 0) is 55.1 Å². The summed E-state index contributed by atoms with van der Waals surface area (Å²) in [6.45, 7) is 0.865. The number of rotatable bonds is 4. The van der Waals surface area contributed by atoms with E-state index < -0.39 is 0 Å². The quantitative estimate of drug-likeness (QED) is 0.659. The first-order valence-corrected chi connectivity index (χ1v) is 9.16. The molecule has 2 fully saturated rings. The predicted octanol–water partition coefficient (Wildman–Crippen LogP) is 3.02. The molecule has 0 aromatic heterocycles. The van der Waals surface area contributed by atoms with E-state index in [-0.39, 0.29) is 5.60 Å². The van der Waals surface area contributed by atoms with Crippen LogP contribution in [-0.4, -0.2) is 29.8 Å². The molecule has 116 valence electrons. The highest BCUT2D eigenvalue weighted by atomic mass is 35.5. The molecule has 3 rings (SSSR count). The summed E-state index contributed by atoms with van der Waals surface area (Å²) in [4.78, 5) is 0. The van der Waals surface area contributed by atoms with E-state index in [1.54, 1.807) is 0 Å². The van der Waals surface area contributed by atoms with Crippen LogP contribution in [0.15, 0.2) is 24.3 Å². The van der Waals surface area contributed by atoms with Crippen molar-refractivity contribution >= 4 is 23.4 Å². The maximum atomic E-state index is 6.11. The van der Waals surface area contributed by atoms with Gasteiger partial charge in [0.1, 0.15) is 0 Å². The van der Waals surface area contributed by atoms with Crippen molar-refractivity contribution in [3.63, 3.8) is 0 Å². The lowest BCUT2D eigenvalue weighted by atomic mass is 9.79. The molecule has 5 heteroatoms. The number of nitrogens with two attached hydrogens (primary N) is 1. The number of benzene rings is 1. The van der Waals surface area contributed by atoms with Gasteiger partial charge in [-0.15, -0.1) is 0 Å². The Labute approximate surface area is 135 Å². The van der Waals surface area contributed by atoms with E-state index in [0.29, 0.717) is 12.0 Å². The van der Waals surface area contributed by atoms with Crippen LogP contribution < -0.4 is 11.3 Å². The fourth-order valence-corrected chi connectivity index (χ4v) is 5.01. The Balaban J connectivity index is 1.66. The van der Waals surface area contributed by atoms with Gasteiger partial charge in [0.15, 0.2) is 0 Å². The molecule has 2 saturated heterocycles. The van der Waals surface area contributed by atoms with E-state index in [9.17, 15) is 0 Å². The minimum Gasteiger partial charge on any atom is -0.374 e. The predicted molar refractivity (Wildman–Crippen MR) is 89.6 cm³/mol. The van der Waals surface area contributed by atoms with Gasteiger partial charge in [-0.3, -0.25) is 11.3 Å². The summed E-state index contributed by atoms with van der Waals surface area (Å²) in [6, 6.07) is 8.38. The van der Waals surface area contributed by atoms with E-state index in [0.717, 1.165) is 36.6 Å². The monoisotopic (exact) mass is 326 g/mol. The summed E-state index contributed by atoms with van der Waals surface area (Å²) in [5.41, 5.74) is 4.44. The van der Waals surface area contributed by atoms with Crippen LogP contribution in [0.2, 0.25) is 5.02 Å². The molecule has 2 heterocycles. The summed E-state index contributed by atoms with van der Waals surface area (Å²) in [6.07, 6.45) is 4.35. The van der Waals surface area contributed by atoms with Gasteiger partial charge in [-0.25, -0.2) is 0 Å². The van der Waals surface area contributed by atoms with E-state index in [2.05, 4.69) is 17.6 Å². The molecular weight excluding hydrogens is 304 g/mol. The van der Waals surface area contributed by atoms with Gasteiger partial charge in [0.2, 0.25) is 0 Å². The second-order valence-electron chi connectivity index (χ2n) is 6.19. The summed E-state index contributed by atoms with van der Waals surface area (Å²) in [5.74, 6) is 8.80. The van der Waals surface area contributed by atoms with Crippen molar-refractivity contribution in [2.24, 2.45) is 11.8 Å². The molecule has 0 radical (unpaired) electrons. The minimum atomic E-state index is 0.114. The van der Waals surface area contributed by atoms with Crippen LogP contribution in [0.5, 0.6) is 0 Å². The molecule has 3 unspecified atom stereocenters. The van der Waals surface area contributed by atoms with Crippen LogP contribution in [0.25, 0.3) is 0 Å². The van der Waals surface area contributed by atoms with Crippen LogP contribution in [0.3, 0.4) is 0 Å². The average molecular weight is 327 g/mol. The molecule has 3 nitrogen and oxygen atoms in total. The standard InChI is InChI=1S/C16H23ClN2OS/c17-14-3-1-12(2-4-14)9-15(19-18)13-5-7-20-16(10-13)6-8-21-11-16/h1-4,13,15,19H,5-11,18H2. The number of thioether (sulfide) groups is 1. The molecule has 1 spiro atoms. The third-order valence-electron chi connectivity index (χ3n) is 4.75. The number of ether oxygens (including phenoxy) is 1. The average Bonchev–Trinajstić information content (AvgIpc) is 2.94. The van der Waals surface area contributed by atoms with E-state index in [1.807, 2.05) is 23.9 Å². The molecule has 21 heavy (non-hydrogen) atoms. The molecule has 0 saturated carbocycles. The first kappa shape index (κ1) is 15.6. The first-order valence-electron chi connectivity index (χ1n) is 7.63. The van der Waals surface area contributed by atoms with Crippen molar-refractivity contribution in [1.82, 2.24) is 5.43 Å². The highest BCUT2D eigenvalue weighted by molar-refractivity contribution is 7.99. The Morgan fingerprint density at radius 3 is 2.90 bits per heavy atom. The SMILES string of the molecule is NNC(Cc1ccc(Cl)cc1)C1CCOC2(CCSC2)C1. The van der Waals surface area contributed by atoms with Crippen LogP contribution >= 0.6 is 23.4 Å². The summed E-state index contributed by atoms with van der Waals surface area (Å²) in [5, 5.41) is 0.781. The number of hydrogen-bond donors (Lipinski definition) is 2. The van der Waals surface area contributed by atoms with Crippen LogP contribution in [-0.2, 0) is 11.2 Å². The lowest BCUT2D eigenvalue weighted by Crippen LogP contribution is -2.49. The fourth-order valence-electron chi connectivity index (χ4n) is 3.51. The minimum absolute atomic E-state index is 0.114. The Morgan fingerprint density at radius 1 is 1.43 bits per heavy atom. The van der Waals surface area contributed by atoms with Crippen molar-refractivity contribution in [1.29, 1.82) is 0 Å². The lowest BCUT2D eigenvalue weighted by molar-refractivity contribution is -0.0850. The molecule has 0 aliphatic carbocycles. The molecule has 1 aromatic rings. The second-order valence-corrected chi connectivity index (χ2v) is 7.73. The highest BCUT2D eigenvalue weighted by Gasteiger charge is 2.42. The molecule has 0 amide bonds. The van der Waals surface area contributed by atoms with E-state index >= 15 is 0 Å². The molecule has 3 N–H and O–H groups in total. The smallest absolute Gasteiger partial charge is 0.0783 e. The summed E-state index contributed by atoms with van der Waals surface area (Å²) >= 11 is 7.97. The van der Waals surface area contributed by atoms with Crippen molar-refractivity contribution in [3.8, 4) is 0 Å². The molecule has 3 atom stereocenters. The number of nitrogens with one attached hydrogen (secondary N) is 1. The highest BCUT2D eigenvalue weighted by Crippen LogP contribution is 2.41. The van der Waals surface area contributed by atoms with Gasteiger partial charge < -0.3 is 4.74 Å². The Bertz CT molecular complexity index is 462. The Morgan fingerprint density at radius 2 is 2.24 bits per heavy atom. The van der Waals surface area contributed by atoms with Crippen molar-refractivity contribution in [2.45, 2.75) is 37.3 Å². The molecule has 2 aliphatic rings. The zero-order chi connectivity index (χ0) is 14.7. The second kappa shape index (κ2) is 6.88. The fraction of sp³-hybridized carbons (Fsp3) is 0.625. The third-order valence-corrected chi connectivity index (χ3v) is 6.23. The van der Waals surface area contributed by atoms with Crippen molar-refractivity contribution in [2.75, 3.05) is 18.1 Å². The van der Waals surface area contributed by atoms with Gasteiger partial charge in [0.25, 0.3) is 0 Å². The third kappa shape index (κ3) is 3.74.